The van der Waals surface area contributed by atoms with E-state index in [1.54, 1.807) is 24.3 Å². The first-order chi connectivity index (χ1) is 15.6. The van der Waals surface area contributed by atoms with Crippen molar-refractivity contribution in [1.29, 1.82) is 0 Å². The molecule has 2 nitrogen and oxygen atoms in total. The third-order valence-corrected chi connectivity index (χ3v) is 13.8. The van der Waals surface area contributed by atoms with Gasteiger partial charge in [-0.2, -0.15) is 0 Å². The molecule has 0 bridgehead atoms. The van der Waals surface area contributed by atoms with Crippen LogP contribution in [0.2, 0.25) is 0 Å². The van der Waals surface area contributed by atoms with Crippen LogP contribution >= 0.6 is 0 Å². The Morgan fingerprint density at radius 2 is 1.06 bits per heavy atom. The van der Waals surface area contributed by atoms with Crippen molar-refractivity contribution in [2.24, 2.45) is 0 Å². The van der Waals surface area contributed by atoms with Crippen LogP contribution in [-0.2, 0) is 33.5 Å². The second kappa shape index (κ2) is 9.01. The van der Waals surface area contributed by atoms with Gasteiger partial charge in [-0.15, -0.1) is 0 Å². The number of hydrogen-bond acceptors (Lipinski definition) is 2. The zero-order valence-corrected chi connectivity index (χ0v) is 19.5. The molecule has 4 rings (SSSR count). The summed E-state index contributed by atoms with van der Waals surface area (Å²) in [4.78, 5) is 0. The van der Waals surface area contributed by atoms with E-state index in [2.05, 4.69) is 0 Å². The summed E-state index contributed by atoms with van der Waals surface area (Å²) in [7, 11) is 0. The van der Waals surface area contributed by atoms with Gasteiger partial charge in [-0.3, -0.25) is 0 Å². The molecular formula is C24H18F6O2Zr. The first-order valence-corrected chi connectivity index (χ1v) is 14.5. The van der Waals surface area contributed by atoms with Crippen molar-refractivity contribution in [3.63, 3.8) is 0 Å². The zero-order chi connectivity index (χ0) is 23.7. The first kappa shape index (κ1) is 23.6. The molecule has 0 atom stereocenters. The summed E-state index contributed by atoms with van der Waals surface area (Å²) >= 11 is -4.73. The van der Waals surface area contributed by atoms with Gasteiger partial charge in [-0.25, -0.2) is 0 Å². The van der Waals surface area contributed by atoms with Crippen LogP contribution in [-0.4, -0.2) is 0 Å². The first-order valence-electron chi connectivity index (χ1n) is 10.0. The molecule has 0 heterocycles. The average Bonchev–Trinajstić information content (AvgIpc) is 3.47. The molecule has 33 heavy (non-hydrogen) atoms. The maximum atomic E-state index is 13.3. The molecule has 172 valence electrons. The van der Waals surface area contributed by atoms with Crippen LogP contribution in [0.5, 0.6) is 11.5 Å². The summed E-state index contributed by atoms with van der Waals surface area (Å²) in [6.45, 7) is 0. The van der Waals surface area contributed by atoms with E-state index in [1.165, 1.54) is 24.3 Å². The Balaban J connectivity index is 1.81. The average molecular weight is 544 g/mol. The van der Waals surface area contributed by atoms with Crippen molar-refractivity contribution < 1.29 is 53.1 Å². The molecule has 9 heteroatoms. The molecule has 0 aliphatic heterocycles. The van der Waals surface area contributed by atoms with Gasteiger partial charge >= 0.3 is 192 Å². The fraction of sp³-hybridized carbons (Fsp3) is 0.167. The molecule has 2 aromatic carbocycles. The van der Waals surface area contributed by atoms with E-state index >= 15 is 0 Å². The second-order valence-corrected chi connectivity index (χ2v) is 14.7. The molecule has 0 aromatic heterocycles. The van der Waals surface area contributed by atoms with Crippen LogP contribution in [0.15, 0.2) is 91.5 Å². The van der Waals surface area contributed by atoms with Gasteiger partial charge in [0.25, 0.3) is 0 Å². The Morgan fingerprint density at radius 1 is 0.636 bits per heavy atom. The number of allylic oxidation sites excluding steroid dienone is 8. The number of benzene rings is 2. The van der Waals surface area contributed by atoms with E-state index < -0.39 is 44.6 Å². The molecule has 2 aromatic rings. The molecule has 2 aliphatic rings. The summed E-state index contributed by atoms with van der Waals surface area (Å²) in [5.74, 6) is -0.0681. The fourth-order valence-corrected chi connectivity index (χ4v) is 11.8. The third-order valence-electron chi connectivity index (χ3n) is 5.23. The van der Waals surface area contributed by atoms with Gasteiger partial charge in [0.05, 0.1) is 0 Å². The van der Waals surface area contributed by atoms with E-state index in [9.17, 15) is 26.3 Å². The summed E-state index contributed by atoms with van der Waals surface area (Å²) in [6, 6.07) is 8.95. The Kier molecular flexibility index (Phi) is 6.45. The molecule has 0 N–H and O–H groups in total. The quantitative estimate of drug-likeness (QED) is 0.346. The van der Waals surface area contributed by atoms with E-state index in [0.717, 1.165) is 30.8 Å². The Labute approximate surface area is 192 Å². The van der Waals surface area contributed by atoms with Crippen LogP contribution in [0.3, 0.4) is 0 Å². The molecule has 0 fully saturated rings. The maximum absolute atomic E-state index is 13.3. The van der Waals surface area contributed by atoms with Crippen molar-refractivity contribution in [3.8, 4) is 11.5 Å². The predicted octanol–water partition coefficient (Wildman–Crippen LogP) is 7.85. The van der Waals surface area contributed by atoms with Gasteiger partial charge in [-0.1, -0.05) is 0 Å². The Morgan fingerprint density at radius 3 is 1.39 bits per heavy atom. The summed E-state index contributed by atoms with van der Waals surface area (Å²) in [6.07, 6.45) is 2.63. The standard InChI is InChI=1S/2C7H5F3O.2C5H5.Zr/c2*8-7(9,10)5-2-1-3-6(11)4-5;2*1-2-4-5-3-1;/h2*1-4,11H;2*1-3H,4H2;/q;;;;+2/p-2. The Bertz CT molecular complexity index is 1070. The monoisotopic (exact) mass is 542 g/mol. The normalized spacial score (nSPS) is 16.1. The van der Waals surface area contributed by atoms with Crippen LogP contribution in [0.4, 0.5) is 26.3 Å². The van der Waals surface area contributed by atoms with Gasteiger partial charge in [0.1, 0.15) is 0 Å². The van der Waals surface area contributed by atoms with Gasteiger partial charge in [-0.05, 0) is 0 Å². The summed E-state index contributed by atoms with van der Waals surface area (Å²) in [5.41, 5.74) is -1.76. The van der Waals surface area contributed by atoms with Crippen molar-refractivity contribution in [2.45, 2.75) is 25.2 Å². The van der Waals surface area contributed by atoms with E-state index in [-0.39, 0.29) is 11.5 Å². The van der Waals surface area contributed by atoms with E-state index in [4.69, 9.17) is 5.63 Å². The Hall–Kier alpha value is -2.54. The minimum atomic E-state index is -4.73. The van der Waals surface area contributed by atoms with Crippen molar-refractivity contribution in [2.75, 3.05) is 0 Å². The van der Waals surface area contributed by atoms with Gasteiger partial charge in [0.15, 0.2) is 0 Å². The van der Waals surface area contributed by atoms with Gasteiger partial charge in [0, 0.05) is 0 Å². The van der Waals surface area contributed by atoms with Crippen LogP contribution < -0.4 is 5.63 Å². The van der Waals surface area contributed by atoms with Crippen molar-refractivity contribution in [1.82, 2.24) is 0 Å². The zero-order valence-electron chi connectivity index (χ0n) is 17.1. The third kappa shape index (κ3) is 5.19. The predicted molar refractivity (Wildman–Crippen MR) is 108 cm³/mol. The molecule has 2 aliphatic carbocycles. The number of hydrogen-bond donors (Lipinski definition) is 0. The van der Waals surface area contributed by atoms with Gasteiger partial charge in [0.2, 0.25) is 0 Å². The number of alkyl halides is 6. The molecule has 0 unspecified atom stereocenters. The van der Waals surface area contributed by atoms with Crippen molar-refractivity contribution in [3.05, 3.63) is 103 Å². The van der Waals surface area contributed by atoms with E-state index in [0.29, 0.717) is 12.8 Å². The molecular weight excluding hydrogens is 525 g/mol. The van der Waals surface area contributed by atoms with E-state index in [1.807, 2.05) is 12.2 Å². The number of halogens is 6. The molecule has 0 saturated heterocycles. The summed E-state index contributed by atoms with van der Waals surface area (Å²) in [5, 5.41) is 0. The van der Waals surface area contributed by atoms with Crippen molar-refractivity contribution >= 4 is 0 Å². The van der Waals surface area contributed by atoms with Crippen LogP contribution in [0.1, 0.15) is 24.0 Å². The molecule has 0 saturated carbocycles. The summed E-state index contributed by atoms with van der Waals surface area (Å²) < 4.78 is 93.9. The number of rotatable bonds is 6. The van der Waals surface area contributed by atoms with Crippen LogP contribution in [0, 0.1) is 0 Å². The SMILES string of the molecule is FC(F)(F)c1cccc([O][Zr]([O]c2cccc(C(F)(F)F)c2)([C]2=CC=CC2)[C]2=CC=CC2)c1. The topological polar surface area (TPSA) is 18.5 Å². The minimum absolute atomic E-state index is 0.0341. The second-order valence-electron chi connectivity index (χ2n) is 7.52. The molecule has 0 spiro atoms. The molecule has 0 radical (unpaired) electrons. The van der Waals surface area contributed by atoms with Gasteiger partial charge < -0.3 is 0 Å². The molecule has 0 amide bonds. The fourth-order valence-electron chi connectivity index (χ4n) is 3.68. The van der Waals surface area contributed by atoms with Crippen LogP contribution in [0.25, 0.3) is 0 Å².